The summed E-state index contributed by atoms with van der Waals surface area (Å²) in [7, 11) is 0. The molecule has 1 unspecified atom stereocenters. The van der Waals surface area contributed by atoms with E-state index in [1.807, 2.05) is 0 Å². The molecule has 0 heterocycles. The average molecular weight is 201 g/mol. The van der Waals surface area contributed by atoms with Gasteiger partial charge in [0.05, 0.1) is 0 Å². The molecular formula is C10H23N3O. The van der Waals surface area contributed by atoms with Gasteiger partial charge in [-0.15, -0.1) is 0 Å². The fourth-order valence-corrected chi connectivity index (χ4v) is 1.28. The normalized spacial score (nSPS) is 12.5. The molecule has 0 aromatic rings. The van der Waals surface area contributed by atoms with E-state index in [1.165, 1.54) is 0 Å². The van der Waals surface area contributed by atoms with Crippen molar-refractivity contribution in [1.82, 2.24) is 5.32 Å². The molecule has 0 aromatic heterocycles. The summed E-state index contributed by atoms with van der Waals surface area (Å²) >= 11 is 0. The van der Waals surface area contributed by atoms with Crippen LogP contribution in [0.5, 0.6) is 0 Å². The predicted octanol–water partition coefficient (Wildman–Crippen LogP) is 0.359. The molecule has 0 aromatic carbocycles. The van der Waals surface area contributed by atoms with Gasteiger partial charge in [0.25, 0.3) is 0 Å². The SMILES string of the molecule is CCCC(N)CC(=O)NCCCCN. The minimum Gasteiger partial charge on any atom is -0.356 e. The lowest BCUT2D eigenvalue weighted by Crippen LogP contribution is -2.32. The van der Waals surface area contributed by atoms with Gasteiger partial charge in [0.2, 0.25) is 5.91 Å². The molecule has 1 atom stereocenters. The molecule has 1 amide bonds. The minimum atomic E-state index is 0.00880. The van der Waals surface area contributed by atoms with Gasteiger partial charge < -0.3 is 16.8 Å². The zero-order valence-electron chi connectivity index (χ0n) is 9.09. The fourth-order valence-electron chi connectivity index (χ4n) is 1.28. The van der Waals surface area contributed by atoms with Crippen LogP contribution in [-0.4, -0.2) is 25.0 Å². The smallest absolute Gasteiger partial charge is 0.221 e. The second kappa shape index (κ2) is 8.97. The van der Waals surface area contributed by atoms with Gasteiger partial charge >= 0.3 is 0 Å². The quantitative estimate of drug-likeness (QED) is 0.496. The van der Waals surface area contributed by atoms with Crippen molar-refractivity contribution >= 4 is 5.91 Å². The van der Waals surface area contributed by atoms with Crippen molar-refractivity contribution in [3.8, 4) is 0 Å². The number of carbonyl (C=O) groups excluding carboxylic acids is 1. The summed E-state index contributed by atoms with van der Waals surface area (Å²) in [6, 6.07) is 0.00880. The van der Waals surface area contributed by atoms with Gasteiger partial charge in [-0.25, -0.2) is 0 Å². The molecule has 14 heavy (non-hydrogen) atoms. The highest BCUT2D eigenvalue weighted by Gasteiger charge is 2.07. The van der Waals surface area contributed by atoms with Gasteiger partial charge in [0.1, 0.15) is 0 Å². The van der Waals surface area contributed by atoms with E-state index in [0.29, 0.717) is 13.0 Å². The molecule has 0 rings (SSSR count). The van der Waals surface area contributed by atoms with Crippen LogP contribution >= 0.6 is 0 Å². The Balaban J connectivity index is 3.35. The van der Waals surface area contributed by atoms with E-state index in [9.17, 15) is 4.79 Å². The third kappa shape index (κ3) is 8.01. The van der Waals surface area contributed by atoms with Gasteiger partial charge in [0.15, 0.2) is 0 Å². The van der Waals surface area contributed by atoms with E-state index in [2.05, 4.69) is 12.2 Å². The van der Waals surface area contributed by atoms with Gasteiger partial charge in [-0.05, 0) is 25.8 Å². The Labute approximate surface area is 86.4 Å². The summed E-state index contributed by atoms with van der Waals surface area (Å²) in [6.45, 7) is 3.47. The molecule has 4 heteroatoms. The number of carbonyl (C=O) groups is 1. The Hall–Kier alpha value is -0.610. The molecule has 0 saturated heterocycles. The first-order chi connectivity index (χ1) is 6.70. The lowest BCUT2D eigenvalue weighted by molar-refractivity contribution is -0.121. The third-order valence-corrected chi connectivity index (χ3v) is 2.06. The lowest BCUT2D eigenvalue weighted by atomic mass is 10.1. The highest BCUT2D eigenvalue weighted by Crippen LogP contribution is 1.97. The van der Waals surface area contributed by atoms with Crippen LogP contribution in [0.15, 0.2) is 0 Å². The molecule has 0 aliphatic heterocycles. The maximum atomic E-state index is 11.3. The number of unbranched alkanes of at least 4 members (excludes halogenated alkanes) is 1. The zero-order valence-corrected chi connectivity index (χ0v) is 9.09. The Morgan fingerprint density at radius 2 is 2.14 bits per heavy atom. The first-order valence-electron chi connectivity index (χ1n) is 5.43. The maximum Gasteiger partial charge on any atom is 0.221 e. The molecule has 0 radical (unpaired) electrons. The molecule has 0 aliphatic rings. The molecule has 84 valence electrons. The zero-order chi connectivity index (χ0) is 10.8. The molecular weight excluding hydrogens is 178 g/mol. The van der Waals surface area contributed by atoms with E-state index < -0.39 is 0 Å². The summed E-state index contributed by atoms with van der Waals surface area (Å²) in [6.07, 6.45) is 4.29. The Bertz CT molecular complexity index is 150. The first-order valence-corrected chi connectivity index (χ1v) is 5.43. The van der Waals surface area contributed by atoms with Crippen molar-refractivity contribution in [3.05, 3.63) is 0 Å². The van der Waals surface area contributed by atoms with E-state index in [1.54, 1.807) is 0 Å². The summed E-state index contributed by atoms with van der Waals surface area (Å²) < 4.78 is 0. The Morgan fingerprint density at radius 3 is 2.71 bits per heavy atom. The van der Waals surface area contributed by atoms with Gasteiger partial charge in [-0.2, -0.15) is 0 Å². The molecule has 0 saturated carbocycles. The predicted molar refractivity (Wildman–Crippen MR) is 58.8 cm³/mol. The van der Waals surface area contributed by atoms with Crippen LogP contribution < -0.4 is 16.8 Å². The molecule has 0 aliphatic carbocycles. The summed E-state index contributed by atoms with van der Waals surface area (Å²) in [5.74, 6) is 0.0583. The highest BCUT2D eigenvalue weighted by molar-refractivity contribution is 5.76. The number of amides is 1. The second-order valence-electron chi connectivity index (χ2n) is 3.60. The molecule has 5 N–H and O–H groups in total. The highest BCUT2D eigenvalue weighted by atomic mass is 16.1. The van der Waals surface area contributed by atoms with Crippen LogP contribution in [0.25, 0.3) is 0 Å². The molecule has 4 nitrogen and oxygen atoms in total. The number of rotatable bonds is 8. The maximum absolute atomic E-state index is 11.3. The second-order valence-corrected chi connectivity index (χ2v) is 3.60. The van der Waals surface area contributed by atoms with Gasteiger partial charge in [-0.1, -0.05) is 13.3 Å². The van der Waals surface area contributed by atoms with Gasteiger partial charge in [0, 0.05) is 19.0 Å². The number of hydrogen-bond donors (Lipinski definition) is 3. The van der Waals surface area contributed by atoms with Crippen LogP contribution in [0.1, 0.15) is 39.0 Å². The van der Waals surface area contributed by atoms with Crippen molar-refractivity contribution < 1.29 is 4.79 Å². The monoisotopic (exact) mass is 201 g/mol. The number of nitrogens with two attached hydrogens (primary N) is 2. The minimum absolute atomic E-state index is 0.00880. The van der Waals surface area contributed by atoms with E-state index >= 15 is 0 Å². The summed E-state index contributed by atoms with van der Waals surface area (Å²) in [5.41, 5.74) is 11.1. The largest absolute Gasteiger partial charge is 0.356 e. The van der Waals surface area contributed by atoms with Crippen molar-refractivity contribution in [2.45, 2.75) is 45.1 Å². The molecule has 0 bridgehead atoms. The van der Waals surface area contributed by atoms with Crippen LogP contribution in [0.3, 0.4) is 0 Å². The standard InChI is InChI=1S/C10H23N3O/c1-2-5-9(12)8-10(14)13-7-4-3-6-11/h9H,2-8,11-12H2,1H3,(H,13,14). The van der Waals surface area contributed by atoms with E-state index in [-0.39, 0.29) is 11.9 Å². The van der Waals surface area contributed by atoms with Crippen molar-refractivity contribution in [1.29, 1.82) is 0 Å². The van der Waals surface area contributed by atoms with Crippen LogP contribution in [0.2, 0.25) is 0 Å². The fraction of sp³-hybridized carbons (Fsp3) is 0.900. The lowest BCUT2D eigenvalue weighted by Gasteiger charge is -2.10. The van der Waals surface area contributed by atoms with Gasteiger partial charge in [-0.3, -0.25) is 4.79 Å². The number of hydrogen-bond acceptors (Lipinski definition) is 3. The van der Waals surface area contributed by atoms with E-state index in [4.69, 9.17) is 11.5 Å². The Kier molecular flexibility index (Phi) is 8.57. The summed E-state index contributed by atoms with van der Waals surface area (Å²) in [5, 5.41) is 2.83. The van der Waals surface area contributed by atoms with E-state index in [0.717, 1.165) is 32.2 Å². The van der Waals surface area contributed by atoms with Crippen LogP contribution in [0.4, 0.5) is 0 Å². The van der Waals surface area contributed by atoms with Crippen molar-refractivity contribution in [2.24, 2.45) is 11.5 Å². The van der Waals surface area contributed by atoms with Crippen LogP contribution in [0, 0.1) is 0 Å². The van der Waals surface area contributed by atoms with Crippen molar-refractivity contribution in [3.63, 3.8) is 0 Å². The first kappa shape index (κ1) is 13.4. The summed E-state index contributed by atoms with van der Waals surface area (Å²) in [4.78, 5) is 11.3. The molecule has 0 fully saturated rings. The van der Waals surface area contributed by atoms with Crippen molar-refractivity contribution in [2.75, 3.05) is 13.1 Å². The third-order valence-electron chi connectivity index (χ3n) is 2.06. The molecule has 0 spiro atoms. The average Bonchev–Trinajstić information content (AvgIpc) is 2.13. The number of nitrogens with one attached hydrogen (secondary N) is 1. The Morgan fingerprint density at radius 1 is 1.43 bits per heavy atom. The van der Waals surface area contributed by atoms with Crippen LogP contribution in [-0.2, 0) is 4.79 Å². The topological polar surface area (TPSA) is 81.1 Å².